The van der Waals surface area contributed by atoms with Crippen molar-refractivity contribution in [2.24, 2.45) is 11.8 Å². The molecule has 2 aliphatic heterocycles. The molecule has 0 radical (unpaired) electrons. The van der Waals surface area contributed by atoms with Gasteiger partial charge in [0.2, 0.25) is 0 Å². The second-order valence-electron chi connectivity index (χ2n) is 11.1. The Morgan fingerprint density at radius 2 is 1.63 bits per heavy atom. The summed E-state index contributed by atoms with van der Waals surface area (Å²) in [5, 5.41) is 0.0709. The van der Waals surface area contributed by atoms with Gasteiger partial charge in [0.1, 0.15) is 5.82 Å². The van der Waals surface area contributed by atoms with Gasteiger partial charge in [0.15, 0.2) is 0 Å². The number of hydrogen-bond donors (Lipinski definition) is 0. The Labute approximate surface area is 213 Å². The lowest BCUT2D eigenvalue weighted by Gasteiger charge is -2.41. The van der Waals surface area contributed by atoms with Gasteiger partial charge in [-0.3, -0.25) is 14.0 Å². The van der Waals surface area contributed by atoms with Crippen LogP contribution in [0.4, 0.5) is 4.39 Å². The lowest BCUT2D eigenvalue weighted by atomic mass is 9.79. The zero-order valence-electron chi connectivity index (χ0n) is 21.2. The Balaban J connectivity index is 1.32. The van der Waals surface area contributed by atoms with Gasteiger partial charge in [0.25, 0.3) is 0 Å². The first-order valence-corrected chi connectivity index (χ1v) is 13.9. The summed E-state index contributed by atoms with van der Waals surface area (Å²) < 4.78 is 23.6. The van der Waals surface area contributed by atoms with Crippen LogP contribution in [-0.4, -0.2) is 70.9 Å². The van der Waals surface area contributed by atoms with E-state index >= 15 is 0 Å². The number of likely N-dealkylation sites (tertiary alicyclic amines) is 1. The van der Waals surface area contributed by atoms with E-state index in [1.165, 1.54) is 31.7 Å². The van der Waals surface area contributed by atoms with Crippen LogP contribution >= 0.6 is 11.6 Å². The summed E-state index contributed by atoms with van der Waals surface area (Å²) in [4.78, 5) is 18.6. The topological polar surface area (TPSA) is 42.6 Å². The number of piperidine rings is 1. The highest BCUT2D eigenvalue weighted by atomic mass is 35.5. The van der Waals surface area contributed by atoms with Gasteiger partial charge in [0.05, 0.1) is 29.3 Å². The standard InChI is InChI=1S/C27H40ClFN4O2/c1-19(2)20-3-5-21(6-4-20)31-9-7-22(8-10-31)33-26-18-24(29)23(28)17-25(26)32(27(33)34)12-11-30-13-15-35-16-14-30/h17-22H,3-16H2,1-2H3. The maximum atomic E-state index is 14.5. The average molecular weight is 507 g/mol. The van der Waals surface area contributed by atoms with E-state index in [1.807, 2.05) is 4.57 Å². The highest BCUT2D eigenvalue weighted by molar-refractivity contribution is 6.31. The minimum Gasteiger partial charge on any atom is -0.379 e. The lowest BCUT2D eigenvalue weighted by Crippen LogP contribution is -2.45. The fourth-order valence-corrected chi connectivity index (χ4v) is 6.71. The first-order valence-electron chi connectivity index (χ1n) is 13.6. The number of ether oxygens (including phenoxy) is 1. The van der Waals surface area contributed by atoms with Gasteiger partial charge in [0, 0.05) is 57.4 Å². The third-order valence-corrected chi connectivity index (χ3v) is 9.10. The lowest BCUT2D eigenvalue weighted by molar-refractivity contribution is 0.0363. The first-order chi connectivity index (χ1) is 16.9. The van der Waals surface area contributed by atoms with Crippen LogP contribution in [0.15, 0.2) is 16.9 Å². The minimum absolute atomic E-state index is 0.0363. The van der Waals surface area contributed by atoms with Gasteiger partial charge in [-0.25, -0.2) is 9.18 Å². The van der Waals surface area contributed by atoms with E-state index in [0.29, 0.717) is 18.1 Å². The third kappa shape index (κ3) is 5.34. The van der Waals surface area contributed by atoms with Crippen LogP contribution in [0, 0.1) is 17.7 Å². The fraction of sp³-hybridized carbons (Fsp3) is 0.741. The fourth-order valence-electron chi connectivity index (χ4n) is 6.55. The Bertz CT molecular complexity index is 1060. The number of imidazole rings is 1. The molecule has 0 unspecified atom stereocenters. The quantitative estimate of drug-likeness (QED) is 0.565. The van der Waals surface area contributed by atoms with Crippen molar-refractivity contribution >= 4 is 22.6 Å². The number of rotatable bonds is 6. The second-order valence-corrected chi connectivity index (χ2v) is 11.5. The van der Waals surface area contributed by atoms with Gasteiger partial charge in [-0.2, -0.15) is 0 Å². The summed E-state index contributed by atoms with van der Waals surface area (Å²) in [5.41, 5.74) is 1.38. The molecule has 2 aromatic rings. The normalized spacial score (nSPS) is 25.6. The predicted octanol–water partition coefficient (Wildman–Crippen LogP) is 4.78. The molecule has 35 heavy (non-hydrogen) atoms. The number of halogens is 2. The van der Waals surface area contributed by atoms with E-state index in [1.54, 1.807) is 10.6 Å². The molecule has 8 heteroatoms. The van der Waals surface area contributed by atoms with Crippen LogP contribution in [0.1, 0.15) is 58.4 Å². The van der Waals surface area contributed by atoms with Crippen LogP contribution in [0.3, 0.4) is 0 Å². The highest BCUT2D eigenvalue weighted by Gasteiger charge is 2.32. The van der Waals surface area contributed by atoms with Gasteiger partial charge >= 0.3 is 5.69 Å². The number of nitrogens with zero attached hydrogens (tertiary/aromatic N) is 4. The Kier molecular flexibility index (Phi) is 7.87. The number of fused-ring (bicyclic) bond motifs is 1. The van der Waals surface area contributed by atoms with E-state index in [4.69, 9.17) is 16.3 Å². The summed E-state index contributed by atoms with van der Waals surface area (Å²) in [6.07, 6.45) is 7.10. The number of morpholine rings is 1. The van der Waals surface area contributed by atoms with Crippen molar-refractivity contribution in [2.45, 2.75) is 71.0 Å². The van der Waals surface area contributed by atoms with Crippen molar-refractivity contribution in [3.05, 3.63) is 33.5 Å². The number of hydrogen-bond acceptors (Lipinski definition) is 4. The monoisotopic (exact) mass is 506 g/mol. The molecule has 194 valence electrons. The van der Waals surface area contributed by atoms with Crippen LogP contribution in [0.2, 0.25) is 5.02 Å². The van der Waals surface area contributed by atoms with Crippen molar-refractivity contribution in [2.75, 3.05) is 45.9 Å². The Morgan fingerprint density at radius 1 is 0.943 bits per heavy atom. The van der Waals surface area contributed by atoms with E-state index < -0.39 is 5.82 Å². The Hall–Kier alpha value is -1.41. The van der Waals surface area contributed by atoms with E-state index in [0.717, 1.165) is 76.1 Å². The SMILES string of the molecule is CC(C)C1CCC(N2CCC(n3c(=O)n(CCN4CCOCC4)c4cc(Cl)c(F)cc43)CC2)CC1. The second kappa shape index (κ2) is 10.9. The molecule has 0 atom stereocenters. The van der Waals surface area contributed by atoms with Gasteiger partial charge in [-0.15, -0.1) is 0 Å². The van der Waals surface area contributed by atoms with Crippen molar-refractivity contribution in [1.29, 1.82) is 0 Å². The highest BCUT2D eigenvalue weighted by Crippen LogP contribution is 2.35. The van der Waals surface area contributed by atoms with E-state index in [9.17, 15) is 9.18 Å². The minimum atomic E-state index is -0.461. The third-order valence-electron chi connectivity index (χ3n) is 8.81. The van der Waals surface area contributed by atoms with Gasteiger partial charge in [-0.05, 0) is 56.4 Å². The summed E-state index contributed by atoms with van der Waals surface area (Å²) in [5.74, 6) is 1.19. The number of benzene rings is 1. The maximum absolute atomic E-state index is 14.5. The van der Waals surface area contributed by atoms with Crippen LogP contribution in [-0.2, 0) is 11.3 Å². The first kappa shape index (κ1) is 25.2. The predicted molar refractivity (Wildman–Crippen MR) is 139 cm³/mol. The summed E-state index contributed by atoms with van der Waals surface area (Å²) in [6.45, 7) is 11.3. The molecule has 0 amide bonds. The largest absolute Gasteiger partial charge is 0.379 e. The molecule has 0 bridgehead atoms. The van der Waals surface area contributed by atoms with Crippen LogP contribution in [0.5, 0.6) is 0 Å². The van der Waals surface area contributed by atoms with Gasteiger partial charge in [-0.1, -0.05) is 25.4 Å². The maximum Gasteiger partial charge on any atom is 0.329 e. The molecule has 0 N–H and O–H groups in total. The zero-order chi connectivity index (χ0) is 24.5. The molecule has 2 saturated heterocycles. The summed E-state index contributed by atoms with van der Waals surface area (Å²) >= 11 is 6.16. The molecular formula is C27H40ClFN4O2. The summed E-state index contributed by atoms with van der Waals surface area (Å²) in [6, 6.07) is 3.86. The van der Waals surface area contributed by atoms with Crippen LogP contribution < -0.4 is 5.69 Å². The Morgan fingerprint density at radius 3 is 2.29 bits per heavy atom. The van der Waals surface area contributed by atoms with Gasteiger partial charge < -0.3 is 9.64 Å². The molecule has 1 saturated carbocycles. The molecule has 1 aromatic carbocycles. The number of aromatic nitrogens is 2. The molecule has 1 aliphatic carbocycles. The van der Waals surface area contributed by atoms with E-state index in [2.05, 4.69) is 23.6 Å². The molecule has 5 rings (SSSR count). The van der Waals surface area contributed by atoms with Crippen molar-refractivity contribution in [3.8, 4) is 0 Å². The van der Waals surface area contributed by atoms with Crippen LogP contribution in [0.25, 0.3) is 11.0 Å². The molecular weight excluding hydrogens is 467 g/mol. The average Bonchev–Trinajstić information content (AvgIpc) is 3.13. The molecule has 3 aliphatic rings. The van der Waals surface area contributed by atoms with E-state index in [-0.39, 0.29) is 16.8 Å². The zero-order valence-corrected chi connectivity index (χ0v) is 22.0. The summed E-state index contributed by atoms with van der Waals surface area (Å²) in [7, 11) is 0. The smallest absolute Gasteiger partial charge is 0.329 e. The molecule has 0 spiro atoms. The van der Waals surface area contributed by atoms with Crippen molar-refractivity contribution in [3.63, 3.8) is 0 Å². The van der Waals surface area contributed by atoms with Crippen molar-refractivity contribution in [1.82, 2.24) is 18.9 Å². The molecule has 3 fully saturated rings. The molecule has 1 aromatic heterocycles. The van der Waals surface area contributed by atoms with Crippen molar-refractivity contribution < 1.29 is 9.13 Å². The molecule has 6 nitrogen and oxygen atoms in total. The molecule has 3 heterocycles.